The molecule has 9 nitrogen and oxygen atoms in total. The molecule has 0 aliphatic heterocycles. The fraction of sp³-hybridized carbons (Fsp3) is 0.500. The number of nitrogens with one attached hydrogen (secondary N) is 1. The van der Waals surface area contributed by atoms with Gasteiger partial charge in [-0.05, 0) is 75.6 Å². The molecule has 0 bridgehead atoms. The topological polar surface area (TPSA) is 105 Å². The molecule has 210 valence electrons. The van der Waals surface area contributed by atoms with E-state index in [1.54, 1.807) is 43.2 Å². The molecule has 0 aliphatic rings. The number of rotatable bonds is 15. The SMILES string of the molecule is CCOc1ccc(N(CCCC(=O)N(Cc2ccc(OC)cc2)[C@H](C)C(=O)N[C@H](C)CC)S(C)(=O)=O)cc1. The van der Waals surface area contributed by atoms with Crippen LogP contribution in [0.4, 0.5) is 5.69 Å². The van der Waals surface area contributed by atoms with Crippen molar-refractivity contribution >= 4 is 27.5 Å². The summed E-state index contributed by atoms with van der Waals surface area (Å²) < 4.78 is 37.0. The van der Waals surface area contributed by atoms with Crippen molar-refractivity contribution in [1.29, 1.82) is 0 Å². The third kappa shape index (κ3) is 9.24. The van der Waals surface area contributed by atoms with Crippen LogP contribution in [0, 0.1) is 0 Å². The summed E-state index contributed by atoms with van der Waals surface area (Å²) in [5.74, 6) is 0.893. The van der Waals surface area contributed by atoms with E-state index in [2.05, 4.69) is 5.32 Å². The molecular formula is C28H41N3O6S. The average Bonchev–Trinajstić information content (AvgIpc) is 2.89. The number of ether oxygens (including phenoxy) is 2. The van der Waals surface area contributed by atoms with Gasteiger partial charge in [-0.2, -0.15) is 0 Å². The quantitative estimate of drug-likeness (QED) is 0.362. The molecule has 0 aliphatic carbocycles. The first-order valence-corrected chi connectivity index (χ1v) is 14.8. The summed E-state index contributed by atoms with van der Waals surface area (Å²) in [6.07, 6.45) is 2.29. The van der Waals surface area contributed by atoms with E-state index in [1.807, 2.05) is 45.0 Å². The predicted molar refractivity (Wildman–Crippen MR) is 150 cm³/mol. The van der Waals surface area contributed by atoms with Crippen molar-refractivity contribution in [3.05, 3.63) is 54.1 Å². The number of sulfonamides is 1. The molecule has 38 heavy (non-hydrogen) atoms. The molecule has 2 aromatic carbocycles. The lowest BCUT2D eigenvalue weighted by molar-refractivity contribution is -0.140. The van der Waals surface area contributed by atoms with E-state index in [4.69, 9.17) is 9.47 Å². The lowest BCUT2D eigenvalue weighted by atomic mass is 10.1. The van der Waals surface area contributed by atoms with Gasteiger partial charge >= 0.3 is 0 Å². The first-order valence-electron chi connectivity index (χ1n) is 12.9. The van der Waals surface area contributed by atoms with Crippen LogP contribution >= 0.6 is 0 Å². The van der Waals surface area contributed by atoms with Gasteiger partial charge in [-0.3, -0.25) is 13.9 Å². The molecule has 0 unspecified atom stereocenters. The van der Waals surface area contributed by atoms with Crippen molar-refractivity contribution in [2.24, 2.45) is 0 Å². The minimum absolute atomic E-state index is 0.0136. The molecule has 0 radical (unpaired) electrons. The summed E-state index contributed by atoms with van der Waals surface area (Å²) in [4.78, 5) is 27.8. The zero-order valence-corrected chi connectivity index (χ0v) is 24.1. The van der Waals surface area contributed by atoms with Crippen molar-refractivity contribution in [1.82, 2.24) is 10.2 Å². The molecule has 0 heterocycles. The molecule has 10 heteroatoms. The van der Waals surface area contributed by atoms with E-state index < -0.39 is 16.1 Å². The minimum atomic E-state index is -3.57. The molecule has 0 saturated carbocycles. The fourth-order valence-corrected chi connectivity index (χ4v) is 4.82. The Balaban J connectivity index is 2.16. The molecule has 0 fully saturated rings. The number of benzene rings is 2. The smallest absolute Gasteiger partial charge is 0.242 e. The Morgan fingerprint density at radius 3 is 2.11 bits per heavy atom. The van der Waals surface area contributed by atoms with Gasteiger partial charge in [0.25, 0.3) is 0 Å². The van der Waals surface area contributed by atoms with Gasteiger partial charge in [-0.25, -0.2) is 8.42 Å². The van der Waals surface area contributed by atoms with Crippen LogP contribution in [-0.2, 0) is 26.2 Å². The van der Waals surface area contributed by atoms with Gasteiger partial charge in [0, 0.05) is 25.6 Å². The van der Waals surface area contributed by atoms with Crippen molar-refractivity contribution in [3.8, 4) is 11.5 Å². The molecule has 2 amide bonds. The van der Waals surface area contributed by atoms with E-state index in [-0.39, 0.29) is 43.8 Å². The van der Waals surface area contributed by atoms with Gasteiger partial charge in [0.15, 0.2) is 0 Å². The summed E-state index contributed by atoms with van der Waals surface area (Å²) in [5.41, 5.74) is 1.36. The number of amides is 2. The van der Waals surface area contributed by atoms with Crippen LogP contribution in [0.2, 0.25) is 0 Å². The Morgan fingerprint density at radius 1 is 0.974 bits per heavy atom. The lowest BCUT2D eigenvalue weighted by Crippen LogP contribution is -2.49. The second-order valence-corrected chi connectivity index (χ2v) is 11.1. The Morgan fingerprint density at radius 2 is 1.58 bits per heavy atom. The number of nitrogens with zero attached hydrogens (tertiary/aromatic N) is 2. The number of methoxy groups -OCH3 is 1. The van der Waals surface area contributed by atoms with Crippen LogP contribution in [-0.4, -0.2) is 63.7 Å². The first kappa shape index (κ1) is 31.0. The number of anilines is 1. The largest absolute Gasteiger partial charge is 0.497 e. The highest BCUT2D eigenvalue weighted by molar-refractivity contribution is 7.92. The Hall–Kier alpha value is -3.27. The van der Waals surface area contributed by atoms with Gasteiger partial charge in [0.1, 0.15) is 17.5 Å². The highest BCUT2D eigenvalue weighted by Gasteiger charge is 2.27. The first-order chi connectivity index (χ1) is 18.0. The second-order valence-electron chi connectivity index (χ2n) is 9.23. The van der Waals surface area contributed by atoms with E-state index >= 15 is 0 Å². The van der Waals surface area contributed by atoms with Crippen molar-refractivity contribution in [3.63, 3.8) is 0 Å². The zero-order chi connectivity index (χ0) is 28.3. The van der Waals surface area contributed by atoms with E-state index in [1.165, 1.54) is 4.31 Å². The summed E-state index contributed by atoms with van der Waals surface area (Å²) in [5, 5.41) is 2.95. The number of hydrogen-bond donors (Lipinski definition) is 1. The maximum absolute atomic E-state index is 13.4. The third-order valence-corrected chi connectivity index (χ3v) is 7.46. The molecular weight excluding hydrogens is 506 g/mol. The van der Waals surface area contributed by atoms with Gasteiger partial charge in [0.05, 0.1) is 25.7 Å². The summed E-state index contributed by atoms with van der Waals surface area (Å²) >= 11 is 0. The Labute approximate surface area is 227 Å². The zero-order valence-electron chi connectivity index (χ0n) is 23.3. The number of carbonyl (C=O) groups is 2. The highest BCUT2D eigenvalue weighted by Crippen LogP contribution is 2.23. The van der Waals surface area contributed by atoms with Crippen LogP contribution in [0.15, 0.2) is 48.5 Å². The van der Waals surface area contributed by atoms with Gasteiger partial charge < -0.3 is 19.7 Å². The normalized spacial score (nSPS) is 12.8. The molecule has 0 spiro atoms. The summed E-state index contributed by atoms with van der Waals surface area (Å²) in [6.45, 7) is 8.37. The van der Waals surface area contributed by atoms with Gasteiger partial charge in [-0.1, -0.05) is 19.1 Å². The van der Waals surface area contributed by atoms with Crippen molar-refractivity contribution in [2.75, 3.05) is 30.8 Å². The maximum Gasteiger partial charge on any atom is 0.242 e. The van der Waals surface area contributed by atoms with Gasteiger partial charge in [-0.15, -0.1) is 0 Å². The predicted octanol–water partition coefficient (Wildman–Crippen LogP) is 3.97. The molecule has 2 atom stereocenters. The summed E-state index contributed by atoms with van der Waals surface area (Å²) in [7, 11) is -1.99. The third-order valence-electron chi connectivity index (χ3n) is 6.27. The molecule has 1 N–H and O–H groups in total. The van der Waals surface area contributed by atoms with Gasteiger partial charge in [0.2, 0.25) is 21.8 Å². The van der Waals surface area contributed by atoms with E-state index in [9.17, 15) is 18.0 Å². The van der Waals surface area contributed by atoms with Crippen LogP contribution in [0.25, 0.3) is 0 Å². The van der Waals surface area contributed by atoms with E-state index in [0.717, 1.165) is 18.2 Å². The minimum Gasteiger partial charge on any atom is -0.497 e. The van der Waals surface area contributed by atoms with Crippen molar-refractivity contribution in [2.45, 2.75) is 65.6 Å². The van der Waals surface area contributed by atoms with Crippen LogP contribution < -0.4 is 19.1 Å². The average molecular weight is 548 g/mol. The number of carbonyl (C=O) groups excluding carboxylic acids is 2. The molecule has 0 aromatic heterocycles. The lowest BCUT2D eigenvalue weighted by Gasteiger charge is -2.30. The Kier molecular flexibility index (Phi) is 11.9. The van der Waals surface area contributed by atoms with Crippen LogP contribution in [0.1, 0.15) is 52.5 Å². The summed E-state index contributed by atoms with van der Waals surface area (Å²) in [6, 6.07) is 13.4. The molecule has 2 aromatic rings. The van der Waals surface area contributed by atoms with Crippen LogP contribution in [0.3, 0.4) is 0 Å². The van der Waals surface area contributed by atoms with E-state index in [0.29, 0.717) is 23.8 Å². The second kappa shape index (κ2) is 14.6. The van der Waals surface area contributed by atoms with Crippen LogP contribution in [0.5, 0.6) is 11.5 Å². The standard InChI is InChI=1S/C28H41N3O6S/c1-7-21(3)29-28(33)22(4)30(20-23-11-15-25(36-5)16-12-23)27(32)10-9-19-31(38(6,34)35)24-13-17-26(18-14-24)37-8-2/h11-18,21-22H,7-10,19-20H2,1-6H3,(H,29,33)/t21-,22-/m1/s1. The maximum atomic E-state index is 13.4. The molecule has 0 saturated heterocycles. The highest BCUT2D eigenvalue weighted by atomic mass is 32.2. The monoisotopic (exact) mass is 547 g/mol. The number of hydrogen-bond acceptors (Lipinski definition) is 6. The van der Waals surface area contributed by atoms with Crippen molar-refractivity contribution < 1.29 is 27.5 Å². The fourth-order valence-electron chi connectivity index (χ4n) is 3.85. The molecule has 2 rings (SSSR count). The Bertz CT molecular complexity index is 1140.